The maximum absolute atomic E-state index is 12.5. The van der Waals surface area contributed by atoms with Crippen molar-refractivity contribution >= 4 is 11.6 Å². The number of nitrogen functional groups attached to an aromatic ring is 1. The summed E-state index contributed by atoms with van der Waals surface area (Å²) in [6.45, 7) is 4.76. The average molecular weight is 233 g/mol. The highest BCUT2D eigenvalue weighted by Gasteiger charge is 2.35. The highest BCUT2D eigenvalue weighted by molar-refractivity contribution is 6.06. The summed E-state index contributed by atoms with van der Waals surface area (Å²) >= 11 is 0. The Bertz CT molecular complexity index is 436. The van der Waals surface area contributed by atoms with Crippen LogP contribution in [-0.2, 0) is 0 Å². The molecule has 1 aromatic heterocycles. The van der Waals surface area contributed by atoms with Crippen LogP contribution in [0.1, 0.15) is 42.1 Å². The van der Waals surface area contributed by atoms with Gasteiger partial charge in [-0.3, -0.25) is 4.79 Å². The molecule has 17 heavy (non-hydrogen) atoms. The lowest BCUT2D eigenvalue weighted by Gasteiger charge is -2.33. The minimum absolute atomic E-state index is 0.0610. The molecular weight excluding hydrogens is 214 g/mol. The fourth-order valence-corrected chi connectivity index (χ4v) is 2.31. The first-order chi connectivity index (χ1) is 8.03. The molecule has 3 N–H and O–H groups in total. The minimum Gasteiger partial charge on any atom is -0.383 e. The van der Waals surface area contributed by atoms with Gasteiger partial charge in [0.1, 0.15) is 5.82 Å². The van der Waals surface area contributed by atoms with E-state index in [1.54, 1.807) is 6.20 Å². The Hall–Kier alpha value is -1.42. The van der Waals surface area contributed by atoms with Crippen molar-refractivity contribution in [1.82, 2.24) is 10.3 Å². The molecule has 0 spiro atoms. The SMILES string of the molecule is Cc1cnc(N)c(C(=O)C2(C)CCCCN2)c1. The van der Waals surface area contributed by atoms with Crippen molar-refractivity contribution in [3.63, 3.8) is 0 Å². The van der Waals surface area contributed by atoms with E-state index in [2.05, 4.69) is 10.3 Å². The van der Waals surface area contributed by atoms with E-state index in [-0.39, 0.29) is 5.78 Å². The number of aromatic nitrogens is 1. The molecule has 4 heteroatoms. The Labute approximate surface area is 102 Å². The maximum Gasteiger partial charge on any atom is 0.186 e. The van der Waals surface area contributed by atoms with Crippen molar-refractivity contribution in [2.45, 2.75) is 38.6 Å². The second-order valence-corrected chi connectivity index (χ2v) is 4.99. The fraction of sp³-hybridized carbons (Fsp3) is 0.538. The predicted molar refractivity (Wildman–Crippen MR) is 68.0 cm³/mol. The van der Waals surface area contributed by atoms with E-state index in [0.717, 1.165) is 31.4 Å². The molecule has 0 saturated carbocycles. The first-order valence-electron chi connectivity index (χ1n) is 6.05. The van der Waals surface area contributed by atoms with Crippen LogP contribution in [0.5, 0.6) is 0 Å². The van der Waals surface area contributed by atoms with Crippen LogP contribution < -0.4 is 11.1 Å². The van der Waals surface area contributed by atoms with Crippen molar-refractivity contribution in [3.8, 4) is 0 Å². The molecule has 0 aliphatic carbocycles. The summed E-state index contributed by atoms with van der Waals surface area (Å²) in [6.07, 6.45) is 4.75. The molecule has 0 amide bonds. The number of nitrogens with two attached hydrogens (primary N) is 1. The van der Waals surface area contributed by atoms with Crippen molar-refractivity contribution in [1.29, 1.82) is 0 Å². The van der Waals surface area contributed by atoms with Gasteiger partial charge in [0.2, 0.25) is 0 Å². The minimum atomic E-state index is -0.484. The second kappa shape index (κ2) is 4.45. The highest BCUT2D eigenvalue weighted by atomic mass is 16.1. The average Bonchev–Trinajstić information content (AvgIpc) is 2.32. The maximum atomic E-state index is 12.5. The third kappa shape index (κ3) is 2.31. The summed E-state index contributed by atoms with van der Waals surface area (Å²) in [6, 6.07) is 1.83. The number of piperidine rings is 1. The molecule has 1 unspecified atom stereocenters. The molecule has 2 rings (SSSR count). The standard InChI is InChI=1S/C13H19N3O/c1-9-7-10(12(14)15-8-9)11(17)13(2)5-3-4-6-16-13/h7-8,16H,3-6H2,1-2H3,(H2,14,15). The van der Waals surface area contributed by atoms with Crippen LogP contribution in [-0.4, -0.2) is 22.9 Å². The Morgan fingerprint density at radius 3 is 2.94 bits per heavy atom. The fourth-order valence-electron chi connectivity index (χ4n) is 2.31. The monoisotopic (exact) mass is 233 g/mol. The first kappa shape index (κ1) is 12.0. The van der Waals surface area contributed by atoms with E-state index >= 15 is 0 Å². The van der Waals surface area contributed by atoms with Gasteiger partial charge in [0.25, 0.3) is 0 Å². The number of carbonyl (C=O) groups is 1. The predicted octanol–water partition coefficient (Wildman–Crippen LogP) is 1.69. The lowest BCUT2D eigenvalue weighted by Crippen LogP contribution is -2.52. The van der Waals surface area contributed by atoms with Crippen molar-refractivity contribution in [3.05, 3.63) is 23.4 Å². The van der Waals surface area contributed by atoms with E-state index in [1.165, 1.54) is 0 Å². The summed E-state index contributed by atoms with van der Waals surface area (Å²) in [5, 5.41) is 3.31. The number of aryl methyl sites for hydroxylation is 1. The van der Waals surface area contributed by atoms with Gasteiger partial charge in [-0.15, -0.1) is 0 Å². The lowest BCUT2D eigenvalue weighted by atomic mass is 9.83. The Morgan fingerprint density at radius 2 is 2.29 bits per heavy atom. The van der Waals surface area contributed by atoms with Crippen molar-refractivity contribution in [2.75, 3.05) is 12.3 Å². The van der Waals surface area contributed by atoms with Crippen LogP contribution in [0.15, 0.2) is 12.3 Å². The van der Waals surface area contributed by atoms with Gasteiger partial charge in [0, 0.05) is 6.20 Å². The highest BCUT2D eigenvalue weighted by Crippen LogP contribution is 2.25. The van der Waals surface area contributed by atoms with Crippen LogP contribution in [0.25, 0.3) is 0 Å². The molecule has 1 saturated heterocycles. The Morgan fingerprint density at radius 1 is 1.53 bits per heavy atom. The van der Waals surface area contributed by atoms with Gasteiger partial charge >= 0.3 is 0 Å². The molecule has 0 bridgehead atoms. The summed E-state index contributed by atoms with van der Waals surface area (Å²) in [5.41, 5.74) is 6.82. The summed E-state index contributed by atoms with van der Waals surface area (Å²) < 4.78 is 0. The molecule has 0 radical (unpaired) electrons. The van der Waals surface area contributed by atoms with Crippen LogP contribution >= 0.6 is 0 Å². The van der Waals surface area contributed by atoms with Crippen LogP contribution in [0.2, 0.25) is 0 Å². The Balaban J connectivity index is 2.32. The third-order valence-electron chi connectivity index (χ3n) is 3.42. The van der Waals surface area contributed by atoms with E-state index in [4.69, 9.17) is 5.73 Å². The quantitative estimate of drug-likeness (QED) is 0.763. The first-order valence-corrected chi connectivity index (χ1v) is 6.05. The number of pyridine rings is 1. The third-order valence-corrected chi connectivity index (χ3v) is 3.42. The zero-order chi connectivity index (χ0) is 12.5. The number of hydrogen-bond acceptors (Lipinski definition) is 4. The van der Waals surface area contributed by atoms with Gasteiger partial charge in [-0.05, 0) is 51.3 Å². The van der Waals surface area contributed by atoms with E-state index in [1.807, 2.05) is 19.9 Å². The molecule has 2 heterocycles. The van der Waals surface area contributed by atoms with Gasteiger partial charge in [0.05, 0.1) is 11.1 Å². The van der Waals surface area contributed by atoms with Crippen LogP contribution in [0.3, 0.4) is 0 Å². The molecule has 1 aliphatic rings. The molecule has 4 nitrogen and oxygen atoms in total. The van der Waals surface area contributed by atoms with Crippen LogP contribution in [0.4, 0.5) is 5.82 Å². The van der Waals surface area contributed by atoms with Gasteiger partial charge in [-0.1, -0.05) is 0 Å². The number of nitrogens with zero attached hydrogens (tertiary/aromatic N) is 1. The second-order valence-electron chi connectivity index (χ2n) is 4.99. The summed E-state index contributed by atoms with van der Waals surface area (Å²) in [7, 11) is 0. The molecule has 0 aromatic carbocycles. The topological polar surface area (TPSA) is 68.0 Å². The summed E-state index contributed by atoms with van der Waals surface area (Å²) in [5.74, 6) is 0.389. The number of ketones is 1. The normalized spacial score (nSPS) is 24.6. The van der Waals surface area contributed by atoms with Gasteiger partial charge < -0.3 is 11.1 Å². The molecule has 1 fully saturated rings. The zero-order valence-corrected chi connectivity index (χ0v) is 10.4. The van der Waals surface area contributed by atoms with E-state index in [9.17, 15) is 4.79 Å². The van der Waals surface area contributed by atoms with E-state index in [0.29, 0.717) is 11.4 Å². The zero-order valence-electron chi connectivity index (χ0n) is 10.4. The number of rotatable bonds is 2. The van der Waals surface area contributed by atoms with Gasteiger partial charge in [-0.25, -0.2) is 4.98 Å². The van der Waals surface area contributed by atoms with Gasteiger partial charge in [0.15, 0.2) is 5.78 Å². The number of nitrogens with one attached hydrogen (secondary N) is 1. The summed E-state index contributed by atoms with van der Waals surface area (Å²) in [4.78, 5) is 16.6. The number of Topliss-reactive ketones (excluding diaryl/α,β-unsaturated/α-hetero) is 1. The molecule has 1 atom stereocenters. The number of anilines is 1. The smallest absolute Gasteiger partial charge is 0.186 e. The Kier molecular flexibility index (Phi) is 3.15. The lowest BCUT2D eigenvalue weighted by molar-refractivity contribution is 0.0835. The molecule has 92 valence electrons. The van der Waals surface area contributed by atoms with E-state index < -0.39 is 5.54 Å². The molecule has 1 aromatic rings. The van der Waals surface area contributed by atoms with Gasteiger partial charge in [-0.2, -0.15) is 0 Å². The number of hydrogen-bond donors (Lipinski definition) is 2. The van der Waals surface area contributed by atoms with Crippen LogP contribution in [0, 0.1) is 6.92 Å². The van der Waals surface area contributed by atoms with Crippen molar-refractivity contribution in [2.24, 2.45) is 0 Å². The van der Waals surface area contributed by atoms with Crippen molar-refractivity contribution < 1.29 is 4.79 Å². The molecule has 1 aliphatic heterocycles. The molecular formula is C13H19N3O. The largest absolute Gasteiger partial charge is 0.383 e. The number of carbonyl (C=O) groups excluding carboxylic acids is 1.